The van der Waals surface area contributed by atoms with E-state index in [1.807, 2.05) is 107 Å². The topological polar surface area (TPSA) is 105 Å². The number of ether oxygens (including phenoxy) is 4. The average Bonchev–Trinajstić information content (AvgIpc) is 3.20. The van der Waals surface area contributed by atoms with Crippen LogP contribution in [-0.2, 0) is 30.8 Å². The Bertz CT molecular complexity index is 1990. The fraction of sp³-hybridized carbons (Fsp3) is 0.440. The normalized spacial score (nSPS) is 11.3. The summed E-state index contributed by atoms with van der Waals surface area (Å²) in [7, 11) is 0. The van der Waals surface area contributed by atoms with E-state index in [0.717, 1.165) is 66.8 Å². The smallest absolute Gasteiger partial charge is 0.338 e. The third-order valence-corrected chi connectivity index (χ3v) is 11.3. The van der Waals surface area contributed by atoms with Crippen LogP contribution in [0.3, 0.4) is 0 Å². The Morgan fingerprint density at radius 2 is 0.655 bits per heavy atom. The Balaban J connectivity index is 2.28. The Labute approximate surface area is 345 Å². The molecule has 0 aliphatic rings. The summed E-state index contributed by atoms with van der Waals surface area (Å²) in [6, 6.07) is 15.9. The molecule has 4 aromatic rings. The van der Waals surface area contributed by atoms with Gasteiger partial charge in [0.15, 0.2) is 0 Å². The molecule has 0 saturated carbocycles. The van der Waals surface area contributed by atoms with E-state index in [2.05, 4.69) is 24.3 Å². The fourth-order valence-electron chi connectivity index (χ4n) is 7.40. The minimum atomic E-state index is -1.17. The molecular formula is C50H62O8. The zero-order valence-electron chi connectivity index (χ0n) is 36.7. The maximum absolute atomic E-state index is 13.9. The number of carbonyl (C=O) groups excluding carboxylic acids is 4. The van der Waals surface area contributed by atoms with Crippen LogP contribution in [0.1, 0.15) is 162 Å². The number of hydrogen-bond acceptors (Lipinski definition) is 8. The summed E-state index contributed by atoms with van der Waals surface area (Å²) in [5.74, 6) is -1.70. The SMILES string of the molecule is CCCOC(=O)c1cc(CC(c2cc(C)c(C)c(C(=O)OCCC)c2)(c2cc(C)c(C)c(C(=O)OCCC)c2)c2cc(C)c(C)c(C(=O)OCCC)c2)cc(C)c1C. The molecule has 0 unspecified atom stereocenters. The van der Waals surface area contributed by atoms with Crippen molar-refractivity contribution in [3.8, 4) is 0 Å². The summed E-state index contributed by atoms with van der Waals surface area (Å²) in [5.41, 5.74) is 10.4. The molecule has 0 bridgehead atoms. The third-order valence-electron chi connectivity index (χ3n) is 11.3. The van der Waals surface area contributed by atoms with Gasteiger partial charge in [0.1, 0.15) is 0 Å². The van der Waals surface area contributed by atoms with Gasteiger partial charge in [-0.05, 0) is 179 Å². The summed E-state index contributed by atoms with van der Waals surface area (Å²) in [6.45, 7) is 24.5. The molecule has 0 heterocycles. The lowest BCUT2D eigenvalue weighted by Crippen LogP contribution is -2.34. The summed E-state index contributed by atoms with van der Waals surface area (Å²) < 4.78 is 22.9. The molecule has 0 fully saturated rings. The molecule has 4 aromatic carbocycles. The predicted molar refractivity (Wildman–Crippen MR) is 230 cm³/mol. The lowest BCUT2D eigenvalue weighted by molar-refractivity contribution is 0.0494. The second-order valence-corrected chi connectivity index (χ2v) is 15.6. The molecule has 58 heavy (non-hydrogen) atoms. The van der Waals surface area contributed by atoms with Crippen LogP contribution in [0.15, 0.2) is 48.5 Å². The fourth-order valence-corrected chi connectivity index (χ4v) is 7.40. The maximum atomic E-state index is 13.9. The van der Waals surface area contributed by atoms with Crippen LogP contribution in [0.25, 0.3) is 0 Å². The molecule has 0 N–H and O–H groups in total. The highest BCUT2D eigenvalue weighted by Crippen LogP contribution is 2.46. The van der Waals surface area contributed by atoms with Crippen molar-refractivity contribution in [2.45, 2.75) is 121 Å². The van der Waals surface area contributed by atoms with E-state index in [4.69, 9.17) is 18.9 Å². The van der Waals surface area contributed by atoms with E-state index in [0.29, 0.717) is 54.5 Å². The van der Waals surface area contributed by atoms with Gasteiger partial charge in [-0.15, -0.1) is 0 Å². The second-order valence-electron chi connectivity index (χ2n) is 15.6. The van der Waals surface area contributed by atoms with Gasteiger partial charge in [0.25, 0.3) is 0 Å². The van der Waals surface area contributed by atoms with E-state index in [9.17, 15) is 19.2 Å². The van der Waals surface area contributed by atoms with Crippen molar-refractivity contribution in [1.29, 1.82) is 0 Å². The molecule has 4 rings (SSSR count). The Kier molecular flexibility index (Phi) is 15.6. The molecule has 0 amide bonds. The van der Waals surface area contributed by atoms with Gasteiger partial charge in [-0.2, -0.15) is 0 Å². The second kappa shape index (κ2) is 20.0. The van der Waals surface area contributed by atoms with Crippen LogP contribution in [0.5, 0.6) is 0 Å². The van der Waals surface area contributed by atoms with E-state index in [1.165, 1.54) is 0 Å². The zero-order valence-corrected chi connectivity index (χ0v) is 36.7. The molecular weight excluding hydrogens is 729 g/mol. The quantitative estimate of drug-likeness (QED) is 0.0591. The molecule has 0 spiro atoms. The highest BCUT2D eigenvalue weighted by molar-refractivity contribution is 5.94. The first kappa shape index (κ1) is 45.5. The standard InChI is InChI=1S/C50H62O8/c1-13-17-55-46(51)42-25-38(21-30(5)34(42)9)29-50(39-22-31(6)35(10)43(26-39)47(52)56-18-14-2,40-23-32(7)36(11)44(27-40)48(53)57-19-15-3)41-24-33(8)37(12)45(28-41)49(54)58-20-16-4/h21-28H,13-20,29H2,1-12H3. The first-order valence-corrected chi connectivity index (χ1v) is 20.7. The Morgan fingerprint density at radius 3 is 0.931 bits per heavy atom. The van der Waals surface area contributed by atoms with Crippen molar-refractivity contribution in [3.05, 3.63) is 138 Å². The highest BCUT2D eigenvalue weighted by Gasteiger charge is 2.40. The zero-order chi connectivity index (χ0) is 42.9. The first-order chi connectivity index (χ1) is 27.5. The molecule has 0 aromatic heterocycles. The van der Waals surface area contributed by atoms with Crippen molar-refractivity contribution >= 4 is 23.9 Å². The molecule has 0 radical (unpaired) electrons. The minimum absolute atomic E-state index is 0.270. The lowest BCUT2D eigenvalue weighted by Gasteiger charge is -2.39. The average molecular weight is 791 g/mol. The Hall–Kier alpha value is -5.24. The van der Waals surface area contributed by atoms with Gasteiger partial charge >= 0.3 is 23.9 Å². The highest BCUT2D eigenvalue weighted by atomic mass is 16.5. The minimum Gasteiger partial charge on any atom is -0.462 e. The van der Waals surface area contributed by atoms with Crippen molar-refractivity contribution in [3.63, 3.8) is 0 Å². The summed E-state index contributed by atoms with van der Waals surface area (Å²) in [6.07, 6.45) is 2.97. The molecule has 0 aliphatic carbocycles. The van der Waals surface area contributed by atoms with Crippen LogP contribution < -0.4 is 0 Å². The van der Waals surface area contributed by atoms with Crippen LogP contribution >= 0.6 is 0 Å². The van der Waals surface area contributed by atoms with E-state index in [-0.39, 0.29) is 26.2 Å². The van der Waals surface area contributed by atoms with Gasteiger partial charge in [-0.1, -0.05) is 52.0 Å². The molecule has 8 heteroatoms. The van der Waals surface area contributed by atoms with Gasteiger partial charge in [-0.25, -0.2) is 19.2 Å². The lowest BCUT2D eigenvalue weighted by atomic mass is 9.64. The van der Waals surface area contributed by atoms with E-state index in [1.54, 1.807) is 0 Å². The molecule has 0 aliphatic heterocycles. The first-order valence-electron chi connectivity index (χ1n) is 20.7. The van der Waals surface area contributed by atoms with Crippen molar-refractivity contribution in [2.24, 2.45) is 0 Å². The number of esters is 4. The van der Waals surface area contributed by atoms with E-state index >= 15 is 0 Å². The number of carbonyl (C=O) groups is 4. The largest absolute Gasteiger partial charge is 0.462 e. The number of aryl methyl sites for hydroxylation is 4. The van der Waals surface area contributed by atoms with Gasteiger partial charge in [0, 0.05) is 5.41 Å². The van der Waals surface area contributed by atoms with Gasteiger partial charge in [0.05, 0.1) is 48.7 Å². The van der Waals surface area contributed by atoms with Crippen LogP contribution in [0, 0.1) is 55.4 Å². The van der Waals surface area contributed by atoms with Crippen LogP contribution in [-0.4, -0.2) is 50.3 Å². The molecule has 310 valence electrons. The van der Waals surface area contributed by atoms with Crippen LogP contribution in [0.2, 0.25) is 0 Å². The van der Waals surface area contributed by atoms with Crippen molar-refractivity contribution in [2.75, 3.05) is 26.4 Å². The monoisotopic (exact) mass is 790 g/mol. The Morgan fingerprint density at radius 1 is 0.397 bits per heavy atom. The molecule has 0 saturated heterocycles. The third kappa shape index (κ3) is 9.71. The maximum Gasteiger partial charge on any atom is 0.338 e. The van der Waals surface area contributed by atoms with E-state index < -0.39 is 29.3 Å². The predicted octanol–water partition coefficient (Wildman–Crippen LogP) is 11.0. The number of hydrogen-bond donors (Lipinski definition) is 0. The van der Waals surface area contributed by atoms with Gasteiger partial charge in [0.2, 0.25) is 0 Å². The number of rotatable bonds is 17. The van der Waals surface area contributed by atoms with Crippen molar-refractivity contribution in [1.82, 2.24) is 0 Å². The van der Waals surface area contributed by atoms with Crippen molar-refractivity contribution < 1.29 is 38.1 Å². The van der Waals surface area contributed by atoms with Crippen LogP contribution in [0.4, 0.5) is 0 Å². The summed E-state index contributed by atoms with van der Waals surface area (Å²) in [4.78, 5) is 55.2. The summed E-state index contributed by atoms with van der Waals surface area (Å²) in [5, 5.41) is 0. The number of benzene rings is 4. The molecule has 8 nitrogen and oxygen atoms in total. The van der Waals surface area contributed by atoms with Gasteiger partial charge < -0.3 is 18.9 Å². The summed E-state index contributed by atoms with van der Waals surface area (Å²) >= 11 is 0. The molecule has 0 atom stereocenters. The van der Waals surface area contributed by atoms with Gasteiger partial charge in [-0.3, -0.25) is 0 Å².